The molecule has 2 bridgehead atoms. The number of rotatable bonds is 9. The molecule has 0 spiro atoms. The molecule has 0 aliphatic carbocycles. The molecule has 15 nitrogen and oxygen atoms in total. The Morgan fingerprint density at radius 3 is 2.53 bits per heavy atom. The third kappa shape index (κ3) is 7.59. The average Bonchev–Trinajstić information content (AvgIpc) is 3.97. The number of fused-ring (bicyclic) bond motifs is 4. The second-order valence-corrected chi connectivity index (χ2v) is 18.7. The molecule has 0 radical (unpaired) electrons. The summed E-state index contributed by atoms with van der Waals surface area (Å²) in [5, 5.41) is 8.57. The van der Waals surface area contributed by atoms with E-state index in [1.807, 2.05) is 37.6 Å². The summed E-state index contributed by atoms with van der Waals surface area (Å²) in [7, 11) is -1.95. The van der Waals surface area contributed by atoms with Crippen molar-refractivity contribution in [3.8, 4) is 29.6 Å². The minimum absolute atomic E-state index is 0.00289. The Hall–Kier alpha value is -6.45. The number of terminal acetylenes is 1. The van der Waals surface area contributed by atoms with E-state index in [1.165, 1.54) is 18.3 Å². The van der Waals surface area contributed by atoms with E-state index in [0.29, 0.717) is 59.3 Å². The first-order valence-corrected chi connectivity index (χ1v) is 21.7. The number of halogens is 2. The maximum atomic E-state index is 17.2. The maximum Gasteiger partial charge on any atom is 0.410 e. The summed E-state index contributed by atoms with van der Waals surface area (Å²) >= 11 is 0. The number of carbonyl (C=O) groups excluding carboxylic acids is 1. The van der Waals surface area contributed by atoms with Crippen LogP contribution in [0.1, 0.15) is 45.6 Å². The van der Waals surface area contributed by atoms with Gasteiger partial charge in [-0.1, -0.05) is 36.3 Å². The number of ether oxygens (including phenoxy) is 2. The van der Waals surface area contributed by atoms with Crippen molar-refractivity contribution in [1.82, 2.24) is 38.9 Å². The van der Waals surface area contributed by atoms with Crippen LogP contribution in [0.4, 0.5) is 25.1 Å². The monoisotopic (exact) mass is 862 g/mol. The minimum Gasteiger partial charge on any atom is -0.462 e. The molecule has 6 aromatic rings. The van der Waals surface area contributed by atoms with Gasteiger partial charge in [-0.15, -0.1) is 15.6 Å². The molecular formula is C44H44F2N10O5S. The predicted molar refractivity (Wildman–Crippen MR) is 228 cm³/mol. The van der Waals surface area contributed by atoms with Crippen molar-refractivity contribution in [2.45, 2.75) is 74.7 Å². The van der Waals surface area contributed by atoms with Gasteiger partial charge in [0.05, 0.1) is 27.9 Å². The van der Waals surface area contributed by atoms with Gasteiger partial charge in [-0.2, -0.15) is 18.4 Å². The third-order valence-electron chi connectivity index (χ3n) is 11.7. The van der Waals surface area contributed by atoms with Crippen molar-refractivity contribution < 1.29 is 31.5 Å². The summed E-state index contributed by atoms with van der Waals surface area (Å²) in [6.07, 6.45) is 11.4. The Kier molecular flexibility index (Phi) is 10.4. The zero-order valence-electron chi connectivity index (χ0n) is 34.5. The topological polar surface area (TPSA) is 161 Å². The molecule has 9 rings (SSSR count). The third-order valence-corrected chi connectivity index (χ3v) is 13.2. The predicted octanol–water partition coefficient (Wildman–Crippen LogP) is 6.08. The summed E-state index contributed by atoms with van der Waals surface area (Å²) in [6, 6.07) is 14.0. The number of likely N-dealkylation sites (tertiary alicyclic amines) is 1. The van der Waals surface area contributed by atoms with Gasteiger partial charge < -0.3 is 19.7 Å². The number of likely N-dealkylation sites (N-methyl/N-ethyl adjacent to an activating group) is 1. The van der Waals surface area contributed by atoms with Gasteiger partial charge in [-0.05, 0) is 76.7 Å². The number of amides is 1. The van der Waals surface area contributed by atoms with Gasteiger partial charge in [0.25, 0.3) is 10.0 Å². The smallest absolute Gasteiger partial charge is 0.410 e. The molecule has 3 aliphatic heterocycles. The Bertz CT molecular complexity index is 2850. The second kappa shape index (κ2) is 15.8. The van der Waals surface area contributed by atoms with Crippen molar-refractivity contribution in [1.29, 1.82) is 0 Å². The molecule has 3 saturated heterocycles. The van der Waals surface area contributed by atoms with E-state index in [4.69, 9.17) is 20.9 Å². The van der Waals surface area contributed by atoms with Crippen LogP contribution in [0, 0.1) is 24.0 Å². The number of hydrogen-bond donors (Lipinski definition) is 1. The Morgan fingerprint density at radius 2 is 1.81 bits per heavy atom. The van der Waals surface area contributed by atoms with E-state index >= 15 is 8.78 Å². The first-order valence-electron chi connectivity index (χ1n) is 20.3. The average molecular weight is 863 g/mol. The molecule has 1 N–H and O–H groups in total. The number of benzene rings is 3. The molecule has 1 amide bonds. The number of piperazine rings is 1. The van der Waals surface area contributed by atoms with Gasteiger partial charge in [0.15, 0.2) is 5.82 Å². The zero-order valence-corrected chi connectivity index (χ0v) is 35.3. The standard InChI is InChI=1S/C44H44F2N10O5S/c1-6-33-36(45)16-13-26-9-7-12-34(37(26)33)39-38(46)40-35(19-48-39)41(54-21-29-14-15-30(22-54)56(29)43(57)61-44(2,3)4)52-42(51-40)60-23-31-17-28(20-53(31)5)50-27-10-8-11-32(18-27)62(58,59)55-25-47-24-49-55/h1,7-13,16,18-19,24-25,28-31,50H,14-15,17,20-23H2,2-5H3/t28-,29-,30+,31+/m1/s1. The largest absolute Gasteiger partial charge is 0.462 e. The van der Waals surface area contributed by atoms with Crippen LogP contribution in [0.3, 0.4) is 0 Å². The van der Waals surface area contributed by atoms with Crippen LogP contribution >= 0.6 is 0 Å². The van der Waals surface area contributed by atoms with Crippen molar-refractivity contribution in [2.75, 3.05) is 43.5 Å². The molecule has 3 aromatic heterocycles. The van der Waals surface area contributed by atoms with Gasteiger partial charge in [0.1, 0.15) is 47.7 Å². The van der Waals surface area contributed by atoms with Crippen LogP contribution in [-0.2, 0) is 14.8 Å². The van der Waals surface area contributed by atoms with Gasteiger partial charge in [0.2, 0.25) is 0 Å². The van der Waals surface area contributed by atoms with Crippen LogP contribution in [0.2, 0.25) is 0 Å². The highest BCUT2D eigenvalue weighted by Gasteiger charge is 2.45. The lowest BCUT2D eigenvalue weighted by molar-refractivity contribution is 0.0122. The molecule has 3 aliphatic rings. The van der Waals surface area contributed by atoms with E-state index in [1.54, 1.807) is 42.5 Å². The normalized spacial score (nSPS) is 20.5. The fourth-order valence-electron chi connectivity index (χ4n) is 8.86. The number of carbonyl (C=O) groups is 1. The molecular weight excluding hydrogens is 819 g/mol. The summed E-state index contributed by atoms with van der Waals surface area (Å²) < 4.78 is 71.3. The molecule has 18 heteroatoms. The number of aromatic nitrogens is 6. The SMILES string of the molecule is C#Cc1c(F)ccc2cccc(-c3ncc4c(N5C[C@H]6CC[C@@H](C5)N6C(=O)OC(C)(C)C)nc(OC[C@@H]5C[C@@H](Nc6cccc(S(=O)(=O)n7cncn7)c6)CN5C)nc4c3F)c12. The van der Waals surface area contributed by atoms with Crippen LogP contribution in [0.5, 0.6) is 6.01 Å². The summed E-state index contributed by atoms with van der Waals surface area (Å²) in [4.78, 5) is 37.2. The number of nitrogens with zero attached hydrogens (tertiary/aromatic N) is 9. The first kappa shape index (κ1) is 40.9. The molecule has 62 heavy (non-hydrogen) atoms. The maximum absolute atomic E-state index is 17.2. The Labute approximate surface area is 357 Å². The molecule has 6 heterocycles. The summed E-state index contributed by atoms with van der Waals surface area (Å²) in [6.45, 7) is 7.13. The second-order valence-electron chi connectivity index (χ2n) is 16.9. The van der Waals surface area contributed by atoms with Crippen molar-refractivity contribution in [3.63, 3.8) is 0 Å². The lowest BCUT2D eigenvalue weighted by Gasteiger charge is -2.42. The highest BCUT2D eigenvalue weighted by atomic mass is 32.2. The summed E-state index contributed by atoms with van der Waals surface area (Å²) in [5.41, 5.74) is 0.192. The van der Waals surface area contributed by atoms with Crippen LogP contribution in [-0.4, -0.2) is 116 Å². The van der Waals surface area contributed by atoms with E-state index in [9.17, 15) is 13.2 Å². The number of pyridine rings is 1. The molecule has 0 saturated carbocycles. The summed E-state index contributed by atoms with van der Waals surface area (Å²) in [5.74, 6) is 1.49. The lowest BCUT2D eigenvalue weighted by atomic mass is 9.96. The number of anilines is 2. The van der Waals surface area contributed by atoms with Crippen molar-refractivity contribution in [3.05, 3.63) is 90.6 Å². The van der Waals surface area contributed by atoms with E-state index in [0.717, 1.165) is 29.6 Å². The van der Waals surface area contributed by atoms with Crippen LogP contribution < -0.4 is 15.0 Å². The number of nitrogens with one attached hydrogen (secondary N) is 1. The molecule has 3 aromatic carbocycles. The van der Waals surface area contributed by atoms with Crippen LogP contribution in [0.15, 0.2) is 78.3 Å². The highest BCUT2D eigenvalue weighted by Crippen LogP contribution is 2.39. The minimum atomic E-state index is -3.91. The number of hydrogen-bond acceptors (Lipinski definition) is 13. The van der Waals surface area contributed by atoms with E-state index < -0.39 is 27.3 Å². The van der Waals surface area contributed by atoms with Gasteiger partial charge in [-0.25, -0.2) is 18.6 Å². The molecule has 0 unspecified atom stereocenters. The van der Waals surface area contributed by atoms with E-state index in [2.05, 4.69) is 36.2 Å². The molecule has 4 atom stereocenters. The Morgan fingerprint density at radius 1 is 1.03 bits per heavy atom. The van der Waals surface area contributed by atoms with Gasteiger partial charge >= 0.3 is 12.1 Å². The van der Waals surface area contributed by atoms with Gasteiger partial charge in [-0.3, -0.25) is 14.8 Å². The molecule has 3 fully saturated rings. The van der Waals surface area contributed by atoms with Crippen molar-refractivity contribution >= 4 is 49.3 Å². The fraction of sp³-hybridized carbons (Fsp3) is 0.364. The highest BCUT2D eigenvalue weighted by molar-refractivity contribution is 7.89. The lowest BCUT2D eigenvalue weighted by Crippen LogP contribution is -2.57. The van der Waals surface area contributed by atoms with Crippen molar-refractivity contribution in [2.24, 2.45) is 0 Å². The quantitative estimate of drug-likeness (QED) is 0.167. The van der Waals surface area contributed by atoms with E-state index in [-0.39, 0.29) is 64.5 Å². The Balaban J connectivity index is 1.02. The zero-order chi connectivity index (χ0) is 43.5. The van der Waals surface area contributed by atoms with Gasteiger partial charge in [0, 0.05) is 54.6 Å². The molecule has 320 valence electrons. The first-order chi connectivity index (χ1) is 29.7. The fourth-order valence-corrected chi connectivity index (χ4v) is 9.94. The van der Waals surface area contributed by atoms with Crippen LogP contribution in [0.25, 0.3) is 32.9 Å².